The average molecular weight is 389 g/mol. The summed E-state index contributed by atoms with van der Waals surface area (Å²) in [4.78, 5) is 19.4. The topological polar surface area (TPSA) is 87.2 Å². The number of H-pyrrole nitrogens is 1. The summed E-state index contributed by atoms with van der Waals surface area (Å²) in [5.74, 6) is -2.97. The van der Waals surface area contributed by atoms with Crippen molar-refractivity contribution in [3.63, 3.8) is 0 Å². The smallest absolute Gasteiger partial charge is 0.519 e. The number of rotatable bonds is 6. The molecular weight excluding hydrogens is 367 g/mol. The second-order valence-electron chi connectivity index (χ2n) is 7.81. The molecule has 1 amide bonds. The minimum atomic E-state index is -2.69. The summed E-state index contributed by atoms with van der Waals surface area (Å²) in [6, 6.07) is 1.85. The molecule has 2 heterocycles. The summed E-state index contributed by atoms with van der Waals surface area (Å²) in [5.41, 5.74) is 2.34. The minimum absolute atomic E-state index is 0.0341. The molecule has 2 fully saturated rings. The number of allylic oxidation sites excluding steroid dienone is 1. The first-order valence-corrected chi connectivity index (χ1v) is 9.41. The lowest BCUT2D eigenvalue weighted by molar-refractivity contribution is -0.151. The van der Waals surface area contributed by atoms with Crippen LogP contribution in [0.5, 0.6) is 5.75 Å². The van der Waals surface area contributed by atoms with E-state index < -0.39 is 19.0 Å². The van der Waals surface area contributed by atoms with Crippen LogP contribution in [0.25, 0.3) is 16.6 Å². The Bertz CT molecular complexity index is 916. The summed E-state index contributed by atoms with van der Waals surface area (Å²) in [5, 5.41) is 13.3. The molecule has 0 spiro atoms. The third-order valence-electron chi connectivity index (χ3n) is 5.61. The van der Waals surface area contributed by atoms with Crippen LogP contribution in [0, 0.1) is 11.8 Å². The molecule has 2 saturated carbocycles. The molecule has 9 heteroatoms. The Kier molecular flexibility index (Phi) is 4.65. The van der Waals surface area contributed by atoms with E-state index in [1.54, 1.807) is 12.4 Å². The zero-order valence-corrected chi connectivity index (χ0v) is 15.5. The molecule has 2 aromatic rings. The van der Waals surface area contributed by atoms with Crippen LogP contribution in [0.4, 0.5) is 8.78 Å². The van der Waals surface area contributed by atoms with Crippen molar-refractivity contribution in [2.24, 2.45) is 11.8 Å². The largest absolute Gasteiger partial charge is 0.535 e. The summed E-state index contributed by atoms with van der Waals surface area (Å²) in [6.07, 6.45) is 4.00. The number of hydrogen-bond acceptors (Lipinski definition) is 4. The lowest BCUT2D eigenvalue weighted by Gasteiger charge is -2.40. The maximum Gasteiger partial charge on any atom is 0.519 e. The van der Waals surface area contributed by atoms with Crippen molar-refractivity contribution in [2.45, 2.75) is 44.5 Å². The van der Waals surface area contributed by atoms with Gasteiger partial charge in [-0.2, -0.15) is 0 Å². The Balaban J connectivity index is 1.42. The van der Waals surface area contributed by atoms with E-state index in [-0.39, 0.29) is 30.7 Å². The fourth-order valence-corrected chi connectivity index (χ4v) is 3.98. The molecule has 0 saturated heterocycles. The van der Waals surface area contributed by atoms with Crippen LogP contribution >= 0.6 is 0 Å². The third-order valence-corrected chi connectivity index (χ3v) is 5.61. The zero-order chi connectivity index (χ0) is 20.1. The number of alkyl halides is 2. The monoisotopic (exact) mass is 389 g/mol. The van der Waals surface area contributed by atoms with Gasteiger partial charge in [0.1, 0.15) is 11.4 Å². The van der Waals surface area contributed by atoms with E-state index in [4.69, 9.17) is 4.65 Å². The van der Waals surface area contributed by atoms with Crippen LogP contribution < -0.4 is 9.97 Å². The first-order chi connectivity index (χ1) is 13.2. The standard InChI is InChI=1S/C19H22BF2N3O3/c1-10(11-5-13(6-11)25-18(26)12-7-19(21,22)8-12)16-14-3-4-23-17(14)24-9-15(16)28-20(2)27/h3-4,9,11-13,27H,1,5-8H2,2H3,(H,23,24)(H,25,26). The number of pyridine rings is 1. The van der Waals surface area contributed by atoms with E-state index in [2.05, 4.69) is 21.9 Å². The highest BCUT2D eigenvalue weighted by atomic mass is 19.3. The Morgan fingerprint density at radius 3 is 2.79 bits per heavy atom. The molecule has 4 rings (SSSR count). The van der Waals surface area contributed by atoms with E-state index in [0.717, 1.165) is 16.5 Å². The molecule has 0 unspecified atom stereocenters. The van der Waals surface area contributed by atoms with Gasteiger partial charge in [0.05, 0.1) is 6.20 Å². The maximum absolute atomic E-state index is 12.9. The molecule has 0 atom stereocenters. The Labute approximate surface area is 161 Å². The second kappa shape index (κ2) is 6.88. The fraction of sp³-hybridized carbons (Fsp3) is 0.474. The van der Waals surface area contributed by atoms with Gasteiger partial charge in [-0.3, -0.25) is 4.79 Å². The zero-order valence-electron chi connectivity index (χ0n) is 15.5. The van der Waals surface area contributed by atoms with Gasteiger partial charge in [0.15, 0.2) is 0 Å². The summed E-state index contributed by atoms with van der Waals surface area (Å²) in [6.45, 7) is 5.75. The van der Waals surface area contributed by atoms with E-state index in [1.807, 2.05) is 6.07 Å². The number of hydrogen-bond donors (Lipinski definition) is 3. The summed E-state index contributed by atoms with van der Waals surface area (Å²) < 4.78 is 31.4. The maximum atomic E-state index is 12.9. The number of carbonyl (C=O) groups excluding carboxylic acids is 1. The third kappa shape index (κ3) is 3.51. The highest BCUT2D eigenvalue weighted by molar-refractivity contribution is 6.41. The molecule has 0 aliphatic heterocycles. The first-order valence-electron chi connectivity index (χ1n) is 9.41. The molecule has 0 bridgehead atoms. The minimum Gasteiger partial charge on any atom is -0.535 e. The SMILES string of the molecule is C=C(c1c(OB(C)O)cnc2[nH]ccc12)C1CC(NC(=O)C2CC(F)(F)C2)C1. The van der Waals surface area contributed by atoms with Crippen LogP contribution in [0.2, 0.25) is 6.82 Å². The fourth-order valence-electron chi connectivity index (χ4n) is 3.98. The van der Waals surface area contributed by atoms with Gasteiger partial charge in [-0.05, 0) is 37.2 Å². The molecule has 0 radical (unpaired) electrons. The Morgan fingerprint density at radius 1 is 1.43 bits per heavy atom. The number of carbonyl (C=O) groups is 1. The van der Waals surface area contributed by atoms with Gasteiger partial charge in [0.25, 0.3) is 0 Å². The van der Waals surface area contributed by atoms with Gasteiger partial charge in [-0.25, -0.2) is 13.8 Å². The number of fused-ring (bicyclic) bond motifs is 1. The second-order valence-corrected chi connectivity index (χ2v) is 7.81. The molecule has 2 aromatic heterocycles. The number of aromatic amines is 1. The number of amides is 1. The highest BCUT2D eigenvalue weighted by Crippen LogP contribution is 2.45. The normalized spacial score (nSPS) is 23.6. The number of nitrogens with zero attached hydrogens (tertiary/aromatic N) is 1. The van der Waals surface area contributed by atoms with Gasteiger partial charge in [0.2, 0.25) is 11.8 Å². The van der Waals surface area contributed by atoms with Gasteiger partial charge < -0.3 is 20.0 Å². The Morgan fingerprint density at radius 2 is 2.14 bits per heavy atom. The van der Waals surface area contributed by atoms with Crippen molar-refractivity contribution in [2.75, 3.05) is 0 Å². The van der Waals surface area contributed by atoms with Gasteiger partial charge in [-0.1, -0.05) is 6.58 Å². The molecule has 6 nitrogen and oxygen atoms in total. The molecule has 2 aliphatic carbocycles. The van der Waals surface area contributed by atoms with Crippen LogP contribution in [0.1, 0.15) is 31.2 Å². The molecule has 3 N–H and O–H groups in total. The first kappa shape index (κ1) is 18.9. The number of nitrogens with one attached hydrogen (secondary N) is 2. The van der Waals surface area contributed by atoms with Gasteiger partial charge in [0, 0.05) is 41.9 Å². The van der Waals surface area contributed by atoms with Crippen molar-refractivity contribution in [3.05, 3.63) is 30.6 Å². The quantitative estimate of drug-likeness (QED) is 0.663. The molecule has 28 heavy (non-hydrogen) atoms. The lowest BCUT2D eigenvalue weighted by Crippen LogP contribution is -2.51. The molecule has 0 aromatic carbocycles. The van der Waals surface area contributed by atoms with E-state index >= 15 is 0 Å². The van der Waals surface area contributed by atoms with Crippen LogP contribution in [0.3, 0.4) is 0 Å². The van der Waals surface area contributed by atoms with E-state index in [0.29, 0.717) is 24.2 Å². The van der Waals surface area contributed by atoms with E-state index in [9.17, 15) is 18.6 Å². The van der Waals surface area contributed by atoms with Gasteiger partial charge in [-0.15, -0.1) is 0 Å². The summed E-state index contributed by atoms with van der Waals surface area (Å²) >= 11 is 0. The molecule has 2 aliphatic rings. The number of aromatic nitrogens is 2. The Hall–Kier alpha value is -2.42. The lowest BCUT2D eigenvalue weighted by atomic mass is 9.73. The van der Waals surface area contributed by atoms with Crippen molar-refractivity contribution < 1.29 is 23.3 Å². The van der Waals surface area contributed by atoms with Crippen LogP contribution in [-0.4, -0.2) is 40.0 Å². The number of halogens is 2. The summed E-state index contributed by atoms with van der Waals surface area (Å²) in [7, 11) is -0.987. The van der Waals surface area contributed by atoms with Crippen molar-refractivity contribution in [3.8, 4) is 5.75 Å². The molecular formula is C19H22BF2N3O3. The predicted octanol–water partition coefficient (Wildman–Crippen LogP) is 3.01. The van der Waals surface area contributed by atoms with E-state index in [1.165, 1.54) is 6.82 Å². The van der Waals surface area contributed by atoms with Gasteiger partial charge >= 0.3 is 7.12 Å². The van der Waals surface area contributed by atoms with Crippen LogP contribution in [0.15, 0.2) is 25.0 Å². The van der Waals surface area contributed by atoms with Crippen LogP contribution in [-0.2, 0) is 4.79 Å². The van der Waals surface area contributed by atoms with Crippen molar-refractivity contribution in [1.82, 2.24) is 15.3 Å². The highest BCUT2D eigenvalue weighted by Gasteiger charge is 2.49. The average Bonchev–Trinajstić information content (AvgIpc) is 3.02. The van der Waals surface area contributed by atoms with Crippen molar-refractivity contribution >= 4 is 29.6 Å². The predicted molar refractivity (Wildman–Crippen MR) is 102 cm³/mol. The molecule has 148 valence electrons. The van der Waals surface area contributed by atoms with Crippen molar-refractivity contribution in [1.29, 1.82) is 0 Å².